The largest absolute Gasteiger partial charge is 0.470 e. The monoisotopic (exact) mass is 335 g/mol. The molecule has 1 fully saturated rings. The Kier molecular flexibility index (Phi) is 4.71. The Bertz CT molecular complexity index is 713. The molecule has 1 aliphatic heterocycles. The van der Waals surface area contributed by atoms with Gasteiger partial charge in [-0.1, -0.05) is 11.6 Å². The van der Waals surface area contributed by atoms with E-state index in [0.717, 1.165) is 12.8 Å². The number of aromatic nitrogens is 2. The van der Waals surface area contributed by atoms with Gasteiger partial charge in [0.1, 0.15) is 11.8 Å². The van der Waals surface area contributed by atoms with Crippen LogP contribution in [0.4, 0.5) is 4.39 Å². The number of carbonyl (C=O) groups is 1. The highest BCUT2D eigenvalue weighted by atomic mass is 35.5. The van der Waals surface area contributed by atoms with Gasteiger partial charge < -0.3 is 9.64 Å². The predicted octanol–water partition coefficient (Wildman–Crippen LogP) is 2.95. The van der Waals surface area contributed by atoms with Gasteiger partial charge in [-0.2, -0.15) is 0 Å². The third-order valence-corrected chi connectivity index (χ3v) is 3.84. The average Bonchev–Trinajstić information content (AvgIpc) is 2.56. The van der Waals surface area contributed by atoms with Crippen molar-refractivity contribution in [1.29, 1.82) is 0 Å². The number of likely N-dealkylation sites (tertiary alicyclic amines) is 1. The van der Waals surface area contributed by atoms with E-state index in [9.17, 15) is 9.18 Å². The minimum Gasteiger partial charge on any atom is -0.470 e. The molecule has 23 heavy (non-hydrogen) atoms. The first-order valence-corrected chi connectivity index (χ1v) is 7.69. The van der Waals surface area contributed by atoms with Gasteiger partial charge in [-0.3, -0.25) is 9.78 Å². The molecule has 2 aromatic heterocycles. The number of rotatable bonds is 3. The molecule has 3 heterocycles. The number of nitrogens with zero attached hydrogens (tertiary/aromatic N) is 3. The molecule has 0 N–H and O–H groups in total. The average molecular weight is 336 g/mol. The van der Waals surface area contributed by atoms with Crippen molar-refractivity contribution in [2.24, 2.45) is 0 Å². The first-order valence-electron chi connectivity index (χ1n) is 7.31. The molecule has 3 rings (SSSR count). The van der Waals surface area contributed by atoms with Crippen LogP contribution < -0.4 is 4.74 Å². The van der Waals surface area contributed by atoms with Crippen molar-refractivity contribution >= 4 is 17.5 Å². The summed E-state index contributed by atoms with van der Waals surface area (Å²) >= 11 is 5.90. The Morgan fingerprint density at radius 2 is 2.22 bits per heavy atom. The minimum atomic E-state index is -0.507. The summed E-state index contributed by atoms with van der Waals surface area (Å²) in [5.74, 6) is -0.748. The van der Waals surface area contributed by atoms with Crippen LogP contribution in [0.3, 0.4) is 0 Å². The zero-order chi connectivity index (χ0) is 16.2. The van der Waals surface area contributed by atoms with E-state index in [1.54, 1.807) is 11.0 Å². The third-order valence-electron chi connectivity index (χ3n) is 3.61. The summed E-state index contributed by atoms with van der Waals surface area (Å²) in [5, 5.41) is 0.462. The molecule has 7 heteroatoms. The van der Waals surface area contributed by atoms with E-state index >= 15 is 0 Å². The molecule has 1 aliphatic rings. The van der Waals surface area contributed by atoms with Crippen LogP contribution in [0.2, 0.25) is 5.02 Å². The molecule has 1 saturated heterocycles. The Balaban J connectivity index is 1.68. The third kappa shape index (κ3) is 3.76. The lowest BCUT2D eigenvalue weighted by Gasteiger charge is -2.32. The van der Waals surface area contributed by atoms with Crippen LogP contribution in [0.5, 0.6) is 5.88 Å². The summed E-state index contributed by atoms with van der Waals surface area (Å²) in [6, 6.07) is 5.95. The Hall–Kier alpha value is -2.21. The summed E-state index contributed by atoms with van der Waals surface area (Å²) in [4.78, 5) is 22.1. The van der Waals surface area contributed by atoms with Crippen LogP contribution in [0.25, 0.3) is 0 Å². The molecule has 0 saturated carbocycles. The van der Waals surface area contributed by atoms with E-state index in [4.69, 9.17) is 16.3 Å². The molecule has 0 aliphatic carbocycles. The van der Waals surface area contributed by atoms with Crippen molar-refractivity contribution in [3.63, 3.8) is 0 Å². The van der Waals surface area contributed by atoms with Gasteiger partial charge in [-0.25, -0.2) is 9.37 Å². The van der Waals surface area contributed by atoms with Crippen LogP contribution in [0, 0.1) is 5.82 Å². The molecule has 0 unspecified atom stereocenters. The van der Waals surface area contributed by atoms with Gasteiger partial charge in [0.15, 0.2) is 5.82 Å². The van der Waals surface area contributed by atoms with Crippen molar-refractivity contribution in [2.75, 3.05) is 13.1 Å². The van der Waals surface area contributed by atoms with Crippen molar-refractivity contribution < 1.29 is 13.9 Å². The van der Waals surface area contributed by atoms with Crippen LogP contribution in [-0.4, -0.2) is 40.0 Å². The maximum absolute atomic E-state index is 13.6. The molecule has 0 bridgehead atoms. The molecular weight excluding hydrogens is 321 g/mol. The quantitative estimate of drug-likeness (QED) is 0.865. The first-order chi connectivity index (χ1) is 11.1. The standard InChI is InChI=1S/C16H15ClFN3O2/c17-11-5-7-19-14(9-11)16(22)21-8-2-3-12(10-21)23-15-13(18)4-1-6-20-15/h1,4-7,9,12H,2-3,8,10H2/t12-/m1/s1. The molecule has 120 valence electrons. The van der Waals surface area contributed by atoms with E-state index < -0.39 is 5.82 Å². The Labute approximate surface area is 138 Å². The van der Waals surface area contributed by atoms with Gasteiger partial charge in [0.25, 0.3) is 11.8 Å². The number of hydrogen-bond donors (Lipinski definition) is 0. The maximum atomic E-state index is 13.6. The fourth-order valence-electron chi connectivity index (χ4n) is 2.52. The van der Waals surface area contributed by atoms with Gasteiger partial charge in [0, 0.05) is 24.0 Å². The molecule has 0 spiro atoms. The van der Waals surface area contributed by atoms with E-state index in [0.29, 0.717) is 23.8 Å². The topological polar surface area (TPSA) is 55.3 Å². The van der Waals surface area contributed by atoms with E-state index in [2.05, 4.69) is 9.97 Å². The molecule has 0 aromatic carbocycles. The summed E-state index contributed by atoms with van der Waals surface area (Å²) in [7, 11) is 0. The van der Waals surface area contributed by atoms with Crippen LogP contribution in [0.1, 0.15) is 23.3 Å². The zero-order valence-corrected chi connectivity index (χ0v) is 13.0. The van der Waals surface area contributed by atoms with E-state index in [-0.39, 0.29) is 17.9 Å². The summed E-state index contributed by atoms with van der Waals surface area (Å²) < 4.78 is 19.2. The smallest absolute Gasteiger partial charge is 0.272 e. The highest BCUT2D eigenvalue weighted by Gasteiger charge is 2.27. The zero-order valence-electron chi connectivity index (χ0n) is 12.3. The number of piperidine rings is 1. The highest BCUT2D eigenvalue weighted by molar-refractivity contribution is 6.30. The summed E-state index contributed by atoms with van der Waals surface area (Å²) in [6.45, 7) is 0.973. The van der Waals surface area contributed by atoms with Gasteiger partial charge in [0.05, 0.1) is 6.54 Å². The van der Waals surface area contributed by atoms with Gasteiger partial charge >= 0.3 is 0 Å². The SMILES string of the molecule is O=C(c1cc(Cl)ccn1)N1CCC[C@@H](Oc2ncccc2F)C1. The second-order valence-electron chi connectivity index (χ2n) is 5.28. The number of hydrogen-bond acceptors (Lipinski definition) is 4. The second kappa shape index (κ2) is 6.91. The number of amides is 1. The molecule has 0 radical (unpaired) electrons. The van der Waals surface area contributed by atoms with Crippen molar-refractivity contribution in [3.8, 4) is 5.88 Å². The molecule has 1 atom stereocenters. The maximum Gasteiger partial charge on any atom is 0.272 e. The normalized spacial score (nSPS) is 17.8. The lowest BCUT2D eigenvalue weighted by atomic mass is 10.1. The molecule has 5 nitrogen and oxygen atoms in total. The molecule has 2 aromatic rings. The highest BCUT2D eigenvalue weighted by Crippen LogP contribution is 2.20. The Morgan fingerprint density at radius 1 is 1.35 bits per heavy atom. The van der Waals surface area contributed by atoms with Crippen molar-refractivity contribution in [3.05, 3.63) is 53.2 Å². The fourth-order valence-corrected chi connectivity index (χ4v) is 2.68. The summed E-state index contributed by atoms with van der Waals surface area (Å²) in [5.41, 5.74) is 0.294. The van der Waals surface area contributed by atoms with Crippen molar-refractivity contribution in [1.82, 2.24) is 14.9 Å². The predicted molar refractivity (Wildman–Crippen MR) is 83.0 cm³/mol. The lowest BCUT2D eigenvalue weighted by molar-refractivity contribution is 0.0513. The Morgan fingerprint density at radius 3 is 3.00 bits per heavy atom. The van der Waals surface area contributed by atoms with Crippen LogP contribution in [-0.2, 0) is 0 Å². The fraction of sp³-hybridized carbons (Fsp3) is 0.312. The van der Waals surface area contributed by atoms with Crippen LogP contribution >= 0.6 is 11.6 Å². The van der Waals surface area contributed by atoms with Gasteiger partial charge in [0.2, 0.25) is 0 Å². The molecular formula is C16H15ClFN3O2. The molecule has 1 amide bonds. The van der Waals surface area contributed by atoms with Gasteiger partial charge in [-0.05, 0) is 37.1 Å². The number of carbonyl (C=O) groups excluding carboxylic acids is 1. The number of ether oxygens (including phenoxy) is 1. The van der Waals surface area contributed by atoms with E-state index in [1.807, 2.05) is 0 Å². The summed E-state index contributed by atoms with van der Waals surface area (Å²) in [6.07, 6.45) is 4.18. The van der Waals surface area contributed by atoms with Gasteiger partial charge in [-0.15, -0.1) is 0 Å². The first kappa shape index (κ1) is 15.7. The van der Waals surface area contributed by atoms with Crippen LogP contribution in [0.15, 0.2) is 36.7 Å². The minimum absolute atomic E-state index is 0.0346. The lowest BCUT2D eigenvalue weighted by Crippen LogP contribution is -2.44. The number of pyridine rings is 2. The van der Waals surface area contributed by atoms with Crippen molar-refractivity contribution in [2.45, 2.75) is 18.9 Å². The second-order valence-corrected chi connectivity index (χ2v) is 5.72. The number of halogens is 2. The van der Waals surface area contributed by atoms with E-state index in [1.165, 1.54) is 30.6 Å².